The van der Waals surface area contributed by atoms with E-state index in [0.717, 1.165) is 12.8 Å². The second kappa shape index (κ2) is 2.66. The van der Waals surface area contributed by atoms with Gasteiger partial charge in [-0.05, 0) is 18.9 Å². The van der Waals surface area contributed by atoms with Crippen molar-refractivity contribution in [1.29, 1.82) is 0 Å². The van der Waals surface area contributed by atoms with E-state index in [1.54, 1.807) is 17.9 Å². The first-order valence-electron chi connectivity index (χ1n) is 4.07. The maximum atomic E-state index is 11.4. The average molecular weight is 165 g/mol. The van der Waals surface area contributed by atoms with Gasteiger partial charge in [-0.25, -0.2) is 0 Å². The normalized spacial score (nSPS) is 16.1. The van der Waals surface area contributed by atoms with Crippen LogP contribution in [0.1, 0.15) is 18.9 Å². The zero-order valence-electron chi connectivity index (χ0n) is 6.99. The van der Waals surface area contributed by atoms with Crippen LogP contribution in [0.3, 0.4) is 0 Å². The number of aromatic nitrogens is 1. The average Bonchev–Trinajstić information content (AvgIpc) is 2.87. The summed E-state index contributed by atoms with van der Waals surface area (Å²) in [5, 5.41) is 0. The molecule has 0 N–H and O–H groups in total. The highest BCUT2D eigenvalue weighted by atomic mass is 16.5. The van der Waals surface area contributed by atoms with Crippen LogP contribution in [0.4, 0.5) is 0 Å². The summed E-state index contributed by atoms with van der Waals surface area (Å²) < 4.78 is 6.70. The van der Waals surface area contributed by atoms with Crippen LogP contribution >= 0.6 is 0 Å². The zero-order valence-corrected chi connectivity index (χ0v) is 6.99. The SMILES string of the molecule is COc1ccn(C2CC2)c(=O)c1. The van der Waals surface area contributed by atoms with Crippen molar-refractivity contribution in [2.75, 3.05) is 7.11 Å². The lowest BCUT2D eigenvalue weighted by Crippen LogP contribution is -2.16. The molecule has 12 heavy (non-hydrogen) atoms. The standard InChI is InChI=1S/C9H11NO2/c1-12-8-4-5-10(7-2-3-7)9(11)6-8/h4-7H,2-3H2,1H3. The third kappa shape index (κ3) is 1.22. The van der Waals surface area contributed by atoms with Crippen LogP contribution in [-0.4, -0.2) is 11.7 Å². The van der Waals surface area contributed by atoms with E-state index in [-0.39, 0.29) is 5.56 Å². The van der Waals surface area contributed by atoms with E-state index in [0.29, 0.717) is 11.8 Å². The van der Waals surface area contributed by atoms with Gasteiger partial charge in [0, 0.05) is 18.3 Å². The van der Waals surface area contributed by atoms with E-state index in [4.69, 9.17) is 4.74 Å². The molecule has 0 spiro atoms. The second-order valence-corrected chi connectivity index (χ2v) is 3.04. The maximum Gasteiger partial charge on any atom is 0.254 e. The molecule has 0 amide bonds. The molecule has 0 bridgehead atoms. The molecule has 3 nitrogen and oxygen atoms in total. The maximum absolute atomic E-state index is 11.4. The van der Waals surface area contributed by atoms with E-state index in [2.05, 4.69) is 0 Å². The Kier molecular flexibility index (Phi) is 1.64. The molecule has 1 fully saturated rings. The number of hydrogen-bond acceptors (Lipinski definition) is 2. The minimum absolute atomic E-state index is 0.0388. The molecule has 1 aromatic rings. The van der Waals surface area contributed by atoms with Gasteiger partial charge in [0.2, 0.25) is 0 Å². The third-order valence-corrected chi connectivity index (χ3v) is 2.10. The fourth-order valence-electron chi connectivity index (χ4n) is 1.25. The summed E-state index contributed by atoms with van der Waals surface area (Å²) in [6.45, 7) is 0. The van der Waals surface area contributed by atoms with Gasteiger partial charge in [-0.3, -0.25) is 4.79 Å². The van der Waals surface area contributed by atoms with Crippen LogP contribution in [0, 0.1) is 0 Å². The molecule has 0 aromatic carbocycles. The van der Waals surface area contributed by atoms with Gasteiger partial charge in [0.15, 0.2) is 0 Å². The van der Waals surface area contributed by atoms with Crippen molar-refractivity contribution in [3.8, 4) is 5.75 Å². The van der Waals surface area contributed by atoms with E-state index < -0.39 is 0 Å². The van der Waals surface area contributed by atoms with Gasteiger partial charge in [0.25, 0.3) is 5.56 Å². The van der Waals surface area contributed by atoms with Crippen molar-refractivity contribution < 1.29 is 4.74 Å². The molecule has 0 saturated heterocycles. The number of pyridine rings is 1. The molecule has 1 heterocycles. The summed E-state index contributed by atoms with van der Waals surface area (Å²) in [5.41, 5.74) is 0.0388. The van der Waals surface area contributed by atoms with Crippen LogP contribution in [0.25, 0.3) is 0 Å². The van der Waals surface area contributed by atoms with Crippen LogP contribution in [0.15, 0.2) is 23.1 Å². The topological polar surface area (TPSA) is 31.2 Å². The first-order chi connectivity index (χ1) is 5.81. The van der Waals surface area contributed by atoms with Gasteiger partial charge >= 0.3 is 0 Å². The molecule has 3 heteroatoms. The Balaban J connectivity index is 2.39. The monoisotopic (exact) mass is 165 g/mol. The molecule has 2 rings (SSSR count). The predicted molar refractivity (Wildman–Crippen MR) is 45.5 cm³/mol. The number of rotatable bonds is 2. The van der Waals surface area contributed by atoms with Crippen molar-refractivity contribution in [2.24, 2.45) is 0 Å². The van der Waals surface area contributed by atoms with Crippen LogP contribution < -0.4 is 10.3 Å². The van der Waals surface area contributed by atoms with Crippen LogP contribution in [0.2, 0.25) is 0 Å². The minimum Gasteiger partial charge on any atom is -0.497 e. The highest BCUT2D eigenvalue weighted by Gasteiger charge is 2.23. The summed E-state index contributed by atoms with van der Waals surface area (Å²) in [5.74, 6) is 0.636. The lowest BCUT2D eigenvalue weighted by atomic mass is 10.4. The molecule has 1 aliphatic rings. The molecule has 64 valence electrons. The van der Waals surface area contributed by atoms with Gasteiger partial charge < -0.3 is 9.30 Å². The van der Waals surface area contributed by atoms with Crippen LogP contribution in [-0.2, 0) is 0 Å². The van der Waals surface area contributed by atoms with Gasteiger partial charge in [-0.15, -0.1) is 0 Å². The smallest absolute Gasteiger partial charge is 0.254 e. The molecule has 0 aliphatic heterocycles. The molecule has 1 aliphatic carbocycles. The predicted octanol–water partition coefficient (Wildman–Crippen LogP) is 1.19. The van der Waals surface area contributed by atoms with E-state index in [9.17, 15) is 4.79 Å². The Morgan fingerprint density at radius 1 is 1.58 bits per heavy atom. The Hall–Kier alpha value is -1.25. The summed E-state index contributed by atoms with van der Waals surface area (Å²) >= 11 is 0. The molecule has 1 saturated carbocycles. The van der Waals surface area contributed by atoms with Crippen molar-refractivity contribution in [1.82, 2.24) is 4.57 Å². The highest BCUT2D eigenvalue weighted by Crippen LogP contribution is 2.33. The molecular formula is C9H11NO2. The Bertz CT molecular complexity index is 339. The molecule has 1 aromatic heterocycles. The number of hydrogen-bond donors (Lipinski definition) is 0. The Morgan fingerprint density at radius 3 is 2.83 bits per heavy atom. The first kappa shape index (κ1) is 7.40. The Labute approximate surface area is 70.6 Å². The van der Waals surface area contributed by atoms with Gasteiger partial charge in [0.05, 0.1) is 7.11 Å². The highest BCUT2D eigenvalue weighted by molar-refractivity contribution is 5.18. The van der Waals surface area contributed by atoms with Gasteiger partial charge in [-0.2, -0.15) is 0 Å². The number of ether oxygens (including phenoxy) is 1. The van der Waals surface area contributed by atoms with Crippen molar-refractivity contribution in [3.05, 3.63) is 28.7 Å². The molecule has 0 atom stereocenters. The molecular weight excluding hydrogens is 154 g/mol. The third-order valence-electron chi connectivity index (χ3n) is 2.10. The fraction of sp³-hybridized carbons (Fsp3) is 0.444. The zero-order chi connectivity index (χ0) is 8.55. The lowest BCUT2D eigenvalue weighted by molar-refractivity contribution is 0.412. The molecule has 0 radical (unpaired) electrons. The van der Waals surface area contributed by atoms with Crippen LogP contribution in [0.5, 0.6) is 5.75 Å². The summed E-state index contributed by atoms with van der Waals surface area (Å²) in [6, 6.07) is 3.79. The summed E-state index contributed by atoms with van der Waals surface area (Å²) in [6.07, 6.45) is 4.07. The summed E-state index contributed by atoms with van der Waals surface area (Å²) in [7, 11) is 1.57. The van der Waals surface area contributed by atoms with E-state index in [1.165, 1.54) is 6.07 Å². The van der Waals surface area contributed by atoms with E-state index in [1.807, 2.05) is 6.07 Å². The Morgan fingerprint density at radius 2 is 2.33 bits per heavy atom. The molecule has 0 unspecified atom stereocenters. The van der Waals surface area contributed by atoms with Crippen molar-refractivity contribution in [3.63, 3.8) is 0 Å². The van der Waals surface area contributed by atoms with Gasteiger partial charge in [0.1, 0.15) is 5.75 Å². The summed E-state index contributed by atoms with van der Waals surface area (Å²) in [4.78, 5) is 11.4. The minimum atomic E-state index is 0.0388. The number of nitrogens with zero attached hydrogens (tertiary/aromatic N) is 1. The number of methoxy groups -OCH3 is 1. The largest absolute Gasteiger partial charge is 0.497 e. The van der Waals surface area contributed by atoms with Crippen molar-refractivity contribution >= 4 is 0 Å². The van der Waals surface area contributed by atoms with Crippen molar-refractivity contribution in [2.45, 2.75) is 18.9 Å². The van der Waals surface area contributed by atoms with E-state index >= 15 is 0 Å². The van der Waals surface area contributed by atoms with Gasteiger partial charge in [-0.1, -0.05) is 0 Å². The quantitative estimate of drug-likeness (QED) is 0.659. The lowest BCUT2D eigenvalue weighted by Gasteiger charge is -2.03. The fourth-order valence-corrected chi connectivity index (χ4v) is 1.25. The first-order valence-corrected chi connectivity index (χ1v) is 4.07. The second-order valence-electron chi connectivity index (χ2n) is 3.04.